The highest BCUT2D eigenvalue weighted by Gasteiger charge is 2.09. The summed E-state index contributed by atoms with van der Waals surface area (Å²) in [6.45, 7) is 6.83. The van der Waals surface area contributed by atoms with E-state index in [-0.39, 0.29) is 17.5 Å². The second-order valence-electron chi connectivity index (χ2n) is 4.20. The van der Waals surface area contributed by atoms with Gasteiger partial charge in [-0.2, -0.15) is 0 Å². The number of nitrogens with one attached hydrogen (secondary N) is 1. The van der Waals surface area contributed by atoms with Crippen LogP contribution in [0.2, 0.25) is 0 Å². The van der Waals surface area contributed by atoms with Gasteiger partial charge in [0.2, 0.25) is 5.88 Å². The number of aliphatic imine (C=N–C) groups is 1. The first-order chi connectivity index (χ1) is 10.5. The second kappa shape index (κ2) is 11.3. The molecule has 0 saturated carbocycles. The molecule has 1 amide bonds. The molecule has 0 rings (SSSR count). The van der Waals surface area contributed by atoms with E-state index in [2.05, 4.69) is 16.9 Å². The predicted molar refractivity (Wildman–Crippen MR) is 86.0 cm³/mol. The monoisotopic (exact) mass is 310 g/mol. The van der Waals surface area contributed by atoms with Gasteiger partial charge in [-0.25, -0.2) is 9.38 Å². The summed E-state index contributed by atoms with van der Waals surface area (Å²) in [7, 11) is 2.84. The Morgan fingerprint density at radius 2 is 2.00 bits per heavy atom. The number of rotatable bonds is 9. The topological polar surface area (TPSA) is 59.9 Å². The lowest BCUT2D eigenvalue weighted by molar-refractivity contribution is -0.117. The highest BCUT2D eigenvalue weighted by atomic mass is 19.1. The molecule has 0 unspecified atom stereocenters. The van der Waals surface area contributed by atoms with Crippen molar-refractivity contribution in [2.24, 2.45) is 4.99 Å². The summed E-state index contributed by atoms with van der Waals surface area (Å²) in [5.41, 5.74) is 0.363. The zero-order valence-electron chi connectivity index (χ0n) is 13.5. The van der Waals surface area contributed by atoms with Gasteiger partial charge in [0.25, 0.3) is 5.91 Å². The van der Waals surface area contributed by atoms with Gasteiger partial charge >= 0.3 is 0 Å². The number of ether oxygens (including phenoxy) is 2. The maximum absolute atomic E-state index is 12.9. The Morgan fingerprint density at radius 1 is 1.32 bits per heavy atom. The molecular formula is C16H23FN2O3. The molecule has 1 N–H and O–H groups in total. The van der Waals surface area contributed by atoms with Gasteiger partial charge in [-0.1, -0.05) is 18.7 Å². The minimum atomic E-state index is -0.397. The van der Waals surface area contributed by atoms with Crippen LogP contribution in [0.15, 0.2) is 52.8 Å². The molecule has 0 heterocycles. The van der Waals surface area contributed by atoms with Crippen LogP contribution < -0.4 is 5.32 Å². The van der Waals surface area contributed by atoms with E-state index < -0.39 is 5.83 Å². The van der Waals surface area contributed by atoms with E-state index in [0.717, 1.165) is 0 Å². The maximum atomic E-state index is 12.9. The van der Waals surface area contributed by atoms with Gasteiger partial charge in [0, 0.05) is 12.8 Å². The van der Waals surface area contributed by atoms with Crippen LogP contribution in [0.5, 0.6) is 0 Å². The largest absolute Gasteiger partial charge is 0.494 e. The first-order valence-corrected chi connectivity index (χ1v) is 6.73. The highest BCUT2D eigenvalue weighted by molar-refractivity contribution is 5.93. The third kappa shape index (κ3) is 7.42. The first kappa shape index (κ1) is 19.6. The molecule has 22 heavy (non-hydrogen) atoms. The van der Waals surface area contributed by atoms with Crippen LogP contribution in [-0.4, -0.2) is 32.9 Å². The van der Waals surface area contributed by atoms with E-state index in [1.165, 1.54) is 39.5 Å². The number of carbonyl (C=O) groups excluding carboxylic acids is 1. The van der Waals surface area contributed by atoms with E-state index in [9.17, 15) is 9.18 Å². The predicted octanol–water partition coefficient (Wildman–Crippen LogP) is 3.03. The van der Waals surface area contributed by atoms with Gasteiger partial charge < -0.3 is 14.8 Å². The minimum Gasteiger partial charge on any atom is -0.494 e. The Hall–Kier alpha value is -2.37. The Balaban J connectivity index is 4.48. The van der Waals surface area contributed by atoms with Crippen molar-refractivity contribution in [3.05, 3.63) is 47.8 Å². The molecule has 0 aliphatic heterocycles. The van der Waals surface area contributed by atoms with Crippen LogP contribution in [0.3, 0.4) is 0 Å². The number of allylic oxidation sites excluding steroid dienone is 3. The molecule has 0 aromatic heterocycles. The van der Waals surface area contributed by atoms with Crippen molar-refractivity contribution in [2.75, 3.05) is 20.8 Å². The molecule has 0 aliphatic carbocycles. The van der Waals surface area contributed by atoms with Gasteiger partial charge in [0.1, 0.15) is 11.6 Å². The highest BCUT2D eigenvalue weighted by Crippen LogP contribution is 2.08. The van der Waals surface area contributed by atoms with Crippen molar-refractivity contribution in [2.45, 2.75) is 20.3 Å². The maximum Gasteiger partial charge on any atom is 0.252 e. The van der Waals surface area contributed by atoms with Crippen LogP contribution >= 0.6 is 0 Å². The third-order valence-corrected chi connectivity index (χ3v) is 2.58. The second-order valence-corrected chi connectivity index (χ2v) is 4.20. The molecule has 122 valence electrons. The van der Waals surface area contributed by atoms with E-state index >= 15 is 0 Å². The SMILES string of the molecule is C=CC=N/C(OC)=C(\C)C(=O)NCC/C=C\C(OC)=C(/C)F. The van der Waals surface area contributed by atoms with E-state index in [1.54, 1.807) is 13.0 Å². The Bertz CT molecular complexity index is 502. The van der Waals surface area contributed by atoms with Crippen molar-refractivity contribution in [3.8, 4) is 0 Å². The summed E-state index contributed by atoms with van der Waals surface area (Å²) in [5.74, 6) is -0.282. The molecule has 0 radical (unpaired) electrons. The van der Waals surface area contributed by atoms with Crippen LogP contribution in [0.1, 0.15) is 20.3 Å². The molecule has 0 bridgehead atoms. The quantitative estimate of drug-likeness (QED) is 0.234. The van der Waals surface area contributed by atoms with Crippen molar-refractivity contribution < 1.29 is 18.7 Å². The van der Waals surface area contributed by atoms with Crippen molar-refractivity contribution in [1.29, 1.82) is 0 Å². The van der Waals surface area contributed by atoms with Crippen LogP contribution in [0.4, 0.5) is 4.39 Å². The smallest absolute Gasteiger partial charge is 0.252 e. The van der Waals surface area contributed by atoms with Crippen LogP contribution in [-0.2, 0) is 14.3 Å². The number of hydrogen-bond donors (Lipinski definition) is 1. The third-order valence-electron chi connectivity index (χ3n) is 2.58. The molecule has 0 spiro atoms. The summed E-state index contributed by atoms with van der Waals surface area (Å²) < 4.78 is 22.8. The lowest BCUT2D eigenvalue weighted by atomic mass is 10.2. The standard InChI is InChI=1S/C16H23FN2O3/c1-6-10-19-16(22-5)12(2)15(20)18-11-8-7-9-14(21-4)13(3)17/h6-7,9-10H,1,8,11H2,2-5H3,(H,18,20)/b9-7-,14-13-,16-12-,19-10?. The van der Waals surface area contributed by atoms with Crippen LogP contribution in [0.25, 0.3) is 0 Å². The van der Waals surface area contributed by atoms with Gasteiger partial charge in [-0.3, -0.25) is 4.79 Å². The molecule has 6 heteroatoms. The fraction of sp³-hybridized carbons (Fsp3) is 0.375. The van der Waals surface area contributed by atoms with Gasteiger partial charge in [-0.15, -0.1) is 0 Å². The summed E-state index contributed by atoms with van der Waals surface area (Å²) >= 11 is 0. The number of amides is 1. The van der Waals surface area contributed by atoms with Crippen molar-refractivity contribution in [3.63, 3.8) is 0 Å². The van der Waals surface area contributed by atoms with Gasteiger partial charge in [0.05, 0.1) is 19.8 Å². The Labute approximate surface area is 130 Å². The van der Waals surface area contributed by atoms with Crippen LogP contribution in [0, 0.1) is 0 Å². The Kier molecular flexibility index (Phi) is 10.1. The summed E-state index contributed by atoms with van der Waals surface area (Å²) in [5, 5.41) is 2.72. The molecule has 0 aromatic carbocycles. The minimum absolute atomic E-state index is 0.169. The molecule has 0 saturated heterocycles. The van der Waals surface area contributed by atoms with Crippen molar-refractivity contribution in [1.82, 2.24) is 5.32 Å². The van der Waals surface area contributed by atoms with Crippen molar-refractivity contribution >= 4 is 12.1 Å². The average Bonchev–Trinajstić information content (AvgIpc) is 2.50. The van der Waals surface area contributed by atoms with Gasteiger partial charge in [0.15, 0.2) is 0 Å². The zero-order chi connectivity index (χ0) is 17.0. The molecule has 0 fully saturated rings. The lowest BCUT2D eigenvalue weighted by Crippen LogP contribution is -2.25. The van der Waals surface area contributed by atoms with Gasteiger partial charge in [-0.05, 0) is 26.3 Å². The normalized spacial score (nSPS) is 13.7. The van der Waals surface area contributed by atoms with E-state index in [0.29, 0.717) is 18.5 Å². The zero-order valence-corrected chi connectivity index (χ0v) is 13.5. The summed E-state index contributed by atoms with van der Waals surface area (Å²) in [6, 6.07) is 0. The molecular weight excluding hydrogens is 287 g/mol. The fourth-order valence-electron chi connectivity index (χ4n) is 1.44. The summed E-state index contributed by atoms with van der Waals surface area (Å²) in [4.78, 5) is 15.9. The van der Waals surface area contributed by atoms with E-state index in [1.807, 2.05) is 0 Å². The molecule has 0 aromatic rings. The molecule has 0 atom stereocenters. The average molecular weight is 310 g/mol. The lowest BCUT2D eigenvalue weighted by Gasteiger charge is -2.07. The fourth-order valence-corrected chi connectivity index (χ4v) is 1.44. The summed E-state index contributed by atoms with van der Waals surface area (Å²) in [6.07, 6.45) is 6.71. The number of hydrogen-bond acceptors (Lipinski definition) is 4. The number of carbonyl (C=O) groups is 1. The number of methoxy groups -OCH3 is 2. The van der Waals surface area contributed by atoms with E-state index in [4.69, 9.17) is 9.47 Å². The number of nitrogens with zero attached hydrogens (tertiary/aromatic N) is 1. The molecule has 5 nitrogen and oxygen atoms in total. The Morgan fingerprint density at radius 3 is 2.50 bits per heavy atom. The molecule has 0 aliphatic rings. The number of halogens is 1. The first-order valence-electron chi connectivity index (χ1n) is 6.73.